The summed E-state index contributed by atoms with van der Waals surface area (Å²) in [7, 11) is -2.05. The van der Waals surface area contributed by atoms with Gasteiger partial charge in [0.25, 0.3) is 0 Å². The summed E-state index contributed by atoms with van der Waals surface area (Å²) in [6.45, 7) is 0. The van der Waals surface area contributed by atoms with Gasteiger partial charge in [0, 0.05) is 26.9 Å². The van der Waals surface area contributed by atoms with Gasteiger partial charge in [0.2, 0.25) is 0 Å². The Hall–Kier alpha value is -7.43. The highest BCUT2D eigenvalue weighted by atomic mass is 32.2. The van der Waals surface area contributed by atoms with Gasteiger partial charge < -0.3 is 4.90 Å². The van der Waals surface area contributed by atoms with Crippen LogP contribution in [0.1, 0.15) is 44.5 Å². The molecule has 306 valence electrons. The van der Waals surface area contributed by atoms with E-state index in [1.807, 2.05) is 11.8 Å². The van der Waals surface area contributed by atoms with Crippen LogP contribution >= 0.6 is 11.8 Å². The molecule has 0 saturated heterocycles. The molecule has 1 spiro atoms. The van der Waals surface area contributed by atoms with Crippen molar-refractivity contribution in [3.05, 3.63) is 299 Å². The van der Waals surface area contributed by atoms with Crippen LogP contribution in [0.3, 0.4) is 0 Å². The Labute approximate surface area is 387 Å². The maximum absolute atomic E-state index is 2.58. The van der Waals surface area contributed by atoms with E-state index in [0.717, 1.165) is 17.1 Å². The molecule has 0 fully saturated rings. The van der Waals surface area contributed by atoms with Crippen LogP contribution in [0.15, 0.2) is 265 Å². The van der Waals surface area contributed by atoms with Crippen molar-refractivity contribution < 1.29 is 0 Å². The highest BCUT2D eigenvalue weighted by Crippen LogP contribution is 2.59. The summed E-state index contributed by atoms with van der Waals surface area (Å²) in [6.07, 6.45) is 0. The fourth-order valence-corrected chi connectivity index (χ4v) is 16.6. The zero-order valence-electron chi connectivity index (χ0n) is 35.7. The molecule has 10 aromatic carbocycles. The molecule has 1 aliphatic carbocycles. The summed E-state index contributed by atoms with van der Waals surface area (Å²) in [5.41, 5.74) is 15.7. The van der Waals surface area contributed by atoms with E-state index in [1.165, 1.54) is 81.0 Å². The summed E-state index contributed by atoms with van der Waals surface area (Å²) < 4.78 is 0. The van der Waals surface area contributed by atoms with Gasteiger partial charge in [-0.3, -0.25) is 0 Å². The molecular weight excluding hydrogens is 819 g/mol. The molecular formula is C62H43NSSi. The third-order valence-electron chi connectivity index (χ3n) is 14.3. The van der Waals surface area contributed by atoms with Crippen LogP contribution in [0, 0.1) is 0 Å². The first-order chi connectivity index (χ1) is 32.3. The monoisotopic (exact) mass is 861 g/mol. The van der Waals surface area contributed by atoms with Crippen LogP contribution in [0.4, 0.5) is 17.1 Å². The Balaban J connectivity index is 1.10. The van der Waals surface area contributed by atoms with Crippen molar-refractivity contribution in [3.63, 3.8) is 0 Å². The van der Waals surface area contributed by atoms with Gasteiger partial charge in [-0.2, -0.15) is 0 Å². The van der Waals surface area contributed by atoms with Crippen LogP contribution < -0.4 is 20.5 Å². The molecule has 2 aliphatic heterocycles. The number of nitrogens with zero attached hydrogens (tertiary/aromatic N) is 1. The molecule has 0 radical (unpaired) electrons. The number of hydrogen-bond donors (Lipinski definition) is 0. The lowest BCUT2D eigenvalue weighted by molar-refractivity contribution is 0.708. The van der Waals surface area contributed by atoms with Crippen LogP contribution in [-0.4, -0.2) is 8.80 Å². The Morgan fingerprint density at radius 2 is 0.785 bits per heavy atom. The molecule has 13 rings (SSSR count). The molecule has 1 atom stereocenters. The first-order valence-corrected chi connectivity index (χ1v) is 25.2. The summed E-state index contributed by atoms with van der Waals surface area (Å²) in [6, 6.07) is 96.1. The second kappa shape index (κ2) is 15.1. The topological polar surface area (TPSA) is 3.24 Å². The molecule has 1 nitrogen and oxygen atoms in total. The quantitative estimate of drug-likeness (QED) is 0.153. The lowest BCUT2D eigenvalue weighted by Gasteiger charge is -2.48. The summed E-state index contributed by atoms with van der Waals surface area (Å²) in [5, 5.41) is 4.37. The predicted octanol–water partition coefficient (Wildman–Crippen LogP) is 12.9. The molecule has 10 aromatic rings. The van der Waals surface area contributed by atoms with E-state index in [1.54, 1.807) is 0 Å². The lowest BCUT2D eigenvalue weighted by atomic mass is 9.64. The van der Waals surface area contributed by atoms with Gasteiger partial charge in [0.1, 0.15) is 8.80 Å². The average Bonchev–Trinajstić information content (AvgIpc) is 3.68. The summed E-state index contributed by atoms with van der Waals surface area (Å²) in [4.78, 5) is 5.15. The standard InChI is InChI=1S/C62H43NSSi/c1-5-21-43(22-6-1)61(44-23-7-2-8-24-44)51-30-14-13-29-49(51)50-39-37-46(41-56(50)61)63(45-25-9-3-10-26-45)47-38-40-55-60(42-47)65(48-27-11-4-12-28-48)59-36-20-17-33-54(59)62(55)52-31-15-18-34-57(52)64-58-35-19-16-32-53(58)62/h1-42,65H. The highest BCUT2D eigenvalue weighted by molar-refractivity contribution is 7.99. The van der Waals surface area contributed by atoms with Gasteiger partial charge in [-0.25, -0.2) is 0 Å². The predicted molar refractivity (Wildman–Crippen MR) is 273 cm³/mol. The number of benzene rings is 10. The zero-order valence-corrected chi connectivity index (χ0v) is 37.7. The number of anilines is 3. The van der Waals surface area contributed by atoms with E-state index in [9.17, 15) is 0 Å². The Kier molecular flexibility index (Phi) is 8.84. The van der Waals surface area contributed by atoms with E-state index >= 15 is 0 Å². The lowest BCUT2D eigenvalue weighted by Crippen LogP contribution is -2.62. The SMILES string of the molecule is c1ccc(N(c2ccc3c(c2)[SiH](c2ccccc2)c2ccccc2C32c3ccccc3Sc3ccccc32)c2ccc3c(c2)C(c2ccccc2)(c2ccccc2)c2ccccc2-3)cc1. The fraction of sp³-hybridized carbons (Fsp3) is 0.0323. The summed E-state index contributed by atoms with van der Waals surface area (Å²) in [5.74, 6) is 0. The van der Waals surface area contributed by atoms with Gasteiger partial charge in [-0.1, -0.05) is 223 Å². The highest BCUT2D eigenvalue weighted by Gasteiger charge is 2.51. The molecule has 0 amide bonds. The first-order valence-electron chi connectivity index (χ1n) is 22.6. The van der Waals surface area contributed by atoms with Crippen molar-refractivity contribution in [2.24, 2.45) is 0 Å². The number of hydrogen-bond acceptors (Lipinski definition) is 2. The minimum absolute atomic E-state index is 0.483. The molecule has 0 bridgehead atoms. The van der Waals surface area contributed by atoms with Gasteiger partial charge in [0.15, 0.2) is 0 Å². The van der Waals surface area contributed by atoms with Crippen LogP contribution in [0.5, 0.6) is 0 Å². The molecule has 3 aliphatic rings. The maximum atomic E-state index is 2.58. The van der Waals surface area contributed by atoms with E-state index in [4.69, 9.17) is 0 Å². The summed E-state index contributed by atoms with van der Waals surface area (Å²) >= 11 is 1.90. The number of rotatable bonds is 6. The smallest absolute Gasteiger partial charge is 0.133 e. The largest absolute Gasteiger partial charge is 0.310 e. The third kappa shape index (κ3) is 5.53. The first kappa shape index (κ1) is 38.1. The molecule has 2 heterocycles. The van der Waals surface area contributed by atoms with Crippen molar-refractivity contribution in [1.82, 2.24) is 0 Å². The van der Waals surface area contributed by atoms with E-state index in [-0.39, 0.29) is 0 Å². The number of fused-ring (bicyclic) bond motifs is 11. The van der Waals surface area contributed by atoms with Crippen LogP contribution in [0.25, 0.3) is 11.1 Å². The van der Waals surface area contributed by atoms with Crippen molar-refractivity contribution >= 4 is 53.2 Å². The van der Waals surface area contributed by atoms with Crippen LogP contribution in [0.2, 0.25) is 0 Å². The van der Waals surface area contributed by atoms with Gasteiger partial charge in [0.05, 0.1) is 10.8 Å². The Morgan fingerprint density at radius 3 is 1.45 bits per heavy atom. The van der Waals surface area contributed by atoms with Crippen molar-refractivity contribution in [3.8, 4) is 11.1 Å². The van der Waals surface area contributed by atoms with Gasteiger partial charge in [-0.15, -0.1) is 0 Å². The second-order valence-corrected chi connectivity index (χ2v) is 21.3. The van der Waals surface area contributed by atoms with Crippen molar-refractivity contribution in [1.29, 1.82) is 0 Å². The molecule has 3 heteroatoms. The zero-order chi connectivity index (χ0) is 43.0. The number of para-hydroxylation sites is 1. The minimum Gasteiger partial charge on any atom is -0.310 e. The fourth-order valence-electron chi connectivity index (χ4n) is 11.8. The molecule has 0 saturated carbocycles. The maximum Gasteiger partial charge on any atom is 0.133 e. The van der Waals surface area contributed by atoms with Gasteiger partial charge >= 0.3 is 0 Å². The van der Waals surface area contributed by atoms with E-state index in [2.05, 4.69) is 260 Å². The van der Waals surface area contributed by atoms with Crippen molar-refractivity contribution in [2.45, 2.75) is 20.6 Å². The van der Waals surface area contributed by atoms with E-state index in [0.29, 0.717) is 0 Å². The second-order valence-electron chi connectivity index (χ2n) is 17.5. The third-order valence-corrected chi connectivity index (χ3v) is 18.8. The Morgan fingerprint density at radius 1 is 0.308 bits per heavy atom. The molecule has 0 aromatic heterocycles. The Bertz CT molecular complexity index is 3340. The minimum atomic E-state index is -2.05. The molecule has 65 heavy (non-hydrogen) atoms. The molecule has 0 N–H and O–H groups in total. The average molecular weight is 862 g/mol. The normalized spacial score (nSPS) is 15.4. The van der Waals surface area contributed by atoms with Crippen LogP contribution in [-0.2, 0) is 10.8 Å². The van der Waals surface area contributed by atoms with Gasteiger partial charge in [-0.05, 0) is 115 Å². The van der Waals surface area contributed by atoms with E-state index < -0.39 is 19.6 Å². The van der Waals surface area contributed by atoms with Crippen molar-refractivity contribution in [2.75, 3.05) is 4.90 Å². The molecule has 1 unspecified atom stereocenters.